The normalized spacial score (nSPS) is 14.1. The molecule has 0 aliphatic heterocycles. The van der Waals surface area contributed by atoms with Gasteiger partial charge < -0.3 is 14.2 Å². The molecule has 0 fully saturated rings. The van der Waals surface area contributed by atoms with Gasteiger partial charge in [-0.15, -0.1) is 0 Å². The molecule has 1 aliphatic carbocycles. The Morgan fingerprint density at radius 3 is 2.68 bits per heavy atom. The molecule has 3 rings (SSSR count). The van der Waals surface area contributed by atoms with Gasteiger partial charge in [0.05, 0.1) is 0 Å². The molecule has 0 spiro atoms. The number of Topliss-reactive ketones (excluding diaryl/α,β-unsaturated/α-hetero) is 1. The second-order valence-corrected chi connectivity index (χ2v) is 8.37. The van der Waals surface area contributed by atoms with Gasteiger partial charge in [0, 0.05) is 55.1 Å². The summed E-state index contributed by atoms with van der Waals surface area (Å²) >= 11 is 0. The Balaban J connectivity index is 1.83. The molecule has 1 amide bonds. The molecule has 150 valence electrons. The number of carbonyl (C=O) groups is 2. The quantitative estimate of drug-likeness (QED) is 0.750. The summed E-state index contributed by atoms with van der Waals surface area (Å²) in [4.78, 5) is 26.5. The van der Waals surface area contributed by atoms with Crippen LogP contribution in [0, 0.1) is 0 Å². The summed E-state index contributed by atoms with van der Waals surface area (Å²) < 4.78 is 7.65. The number of hydrogen-bond donors (Lipinski definition) is 0. The number of amides is 1. The number of fused-ring (bicyclic) bond motifs is 2. The van der Waals surface area contributed by atoms with E-state index in [1.165, 1.54) is 0 Å². The first kappa shape index (κ1) is 20.2. The highest BCUT2D eigenvalue weighted by Gasteiger charge is 2.21. The molecule has 1 aromatic carbocycles. The minimum absolute atomic E-state index is 0.203. The molecule has 0 saturated carbocycles. The predicted octanol–water partition coefficient (Wildman–Crippen LogP) is 4.97. The van der Waals surface area contributed by atoms with Crippen molar-refractivity contribution in [2.24, 2.45) is 7.05 Å². The predicted molar refractivity (Wildman–Crippen MR) is 113 cm³/mol. The minimum Gasteiger partial charge on any atom is -0.444 e. The third-order valence-electron chi connectivity index (χ3n) is 5.12. The average molecular weight is 383 g/mol. The first-order valence-corrected chi connectivity index (χ1v) is 9.99. The van der Waals surface area contributed by atoms with Gasteiger partial charge in [0.2, 0.25) is 0 Å². The molecular weight excluding hydrogens is 352 g/mol. The van der Waals surface area contributed by atoms with Crippen LogP contribution in [0.15, 0.2) is 24.3 Å². The average Bonchev–Trinajstić information content (AvgIpc) is 2.79. The number of nitrogens with zero attached hydrogens (tertiary/aromatic N) is 2. The van der Waals surface area contributed by atoms with Crippen molar-refractivity contribution in [1.82, 2.24) is 9.47 Å². The van der Waals surface area contributed by atoms with E-state index < -0.39 is 5.60 Å². The van der Waals surface area contributed by atoms with Crippen LogP contribution in [0.5, 0.6) is 0 Å². The maximum absolute atomic E-state index is 12.4. The van der Waals surface area contributed by atoms with E-state index in [1.54, 1.807) is 4.90 Å². The van der Waals surface area contributed by atoms with E-state index in [0.29, 0.717) is 19.5 Å². The molecule has 5 nitrogen and oxygen atoms in total. The molecule has 2 aromatic rings. The SMILES string of the molecule is CCN(CCc1cc2cc3c(cc2n1C)C=CCCC3=O)C(=O)OC(C)(C)C. The van der Waals surface area contributed by atoms with E-state index in [4.69, 9.17) is 4.74 Å². The Kier molecular flexibility index (Phi) is 5.64. The van der Waals surface area contributed by atoms with Crippen molar-refractivity contribution < 1.29 is 14.3 Å². The van der Waals surface area contributed by atoms with E-state index in [-0.39, 0.29) is 11.9 Å². The number of ketones is 1. The summed E-state index contributed by atoms with van der Waals surface area (Å²) in [6.07, 6.45) is 5.93. The fraction of sp³-hybridized carbons (Fsp3) is 0.478. The van der Waals surface area contributed by atoms with E-state index in [1.807, 2.05) is 46.9 Å². The molecule has 5 heteroatoms. The van der Waals surface area contributed by atoms with Gasteiger partial charge in [-0.1, -0.05) is 12.2 Å². The summed E-state index contributed by atoms with van der Waals surface area (Å²) in [5.41, 5.74) is 3.54. The van der Waals surface area contributed by atoms with E-state index in [9.17, 15) is 9.59 Å². The molecule has 28 heavy (non-hydrogen) atoms. The highest BCUT2D eigenvalue weighted by atomic mass is 16.6. The Bertz CT molecular complexity index is 931. The highest BCUT2D eigenvalue weighted by molar-refractivity contribution is 6.04. The van der Waals surface area contributed by atoms with Crippen molar-refractivity contribution in [3.8, 4) is 0 Å². The van der Waals surface area contributed by atoms with Gasteiger partial charge in [0.25, 0.3) is 0 Å². The number of rotatable bonds is 4. The molecule has 0 radical (unpaired) electrons. The van der Waals surface area contributed by atoms with Crippen LogP contribution in [0.4, 0.5) is 4.79 Å². The van der Waals surface area contributed by atoms with Gasteiger partial charge in [0.15, 0.2) is 5.78 Å². The van der Waals surface area contributed by atoms with Gasteiger partial charge in [0.1, 0.15) is 5.60 Å². The summed E-state index contributed by atoms with van der Waals surface area (Å²) in [7, 11) is 2.04. The molecule has 0 atom stereocenters. The zero-order valence-corrected chi connectivity index (χ0v) is 17.5. The van der Waals surface area contributed by atoms with Crippen LogP contribution in [0.1, 0.15) is 62.2 Å². The van der Waals surface area contributed by atoms with Crippen molar-refractivity contribution >= 4 is 28.9 Å². The van der Waals surface area contributed by atoms with Crippen LogP contribution in [0.3, 0.4) is 0 Å². The number of allylic oxidation sites excluding steroid dienone is 1. The van der Waals surface area contributed by atoms with Crippen molar-refractivity contribution in [2.45, 2.75) is 52.6 Å². The van der Waals surface area contributed by atoms with Crippen LogP contribution >= 0.6 is 0 Å². The summed E-state index contributed by atoms with van der Waals surface area (Å²) in [6, 6.07) is 6.23. The number of hydrogen-bond acceptors (Lipinski definition) is 3. The fourth-order valence-electron chi connectivity index (χ4n) is 3.59. The fourth-order valence-corrected chi connectivity index (χ4v) is 3.59. The van der Waals surface area contributed by atoms with Crippen LogP contribution in [-0.2, 0) is 18.2 Å². The lowest BCUT2D eigenvalue weighted by Gasteiger charge is -2.26. The third kappa shape index (κ3) is 4.29. The van der Waals surface area contributed by atoms with Crippen molar-refractivity contribution in [1.29, 1.82) is 0 Å². The number of aromatic nitrogens is 1. The molecule has 0 N–H and O–H groups in total. The van der Waals surface area contributed by atoms with Crippen LogP contribution < -0.4 is 0 Å². The Labute approximate surface area is 167 Å². The van der Waals surface area contributed by atoms with Gasteiger partial charge in [-0.3, -0.25) is 4.79 Å². The number of carbonyl (C=O) groups excluding carboxylic acids is 2. The largest absolute Gasteiger partial charge is 0.444 e. The monoisotopic (exact) mass is 382 g/mol. The van der Waals surface area contributed by atoms with Crippen molar-refractivity contribution in [3.63, 3.8) is 0 Å². The zero-order valence-electron chi connectivity index (χ0n) is 17.5. The molecule has 0 saturated heterocycles. The van der Waals surface area contributed by atoms with Crippen LogP contribution in [-0.4, -0.2) is 40.0 Å². The number of ether oxygens (including phenoxy) is 1. The van der Waals surface area contributed by atoms with Gasteiger partial charge >= 0.3 is 6.09 Å². The summed E-state index contributed by atoms with van der Waals surface area (Å²) in [6.45, 7) is 8.79. The molecule has 0 bridgehead atoms. The molecule has 1 heterocycles. The lowest BCUT2D eigenvalue weighted by Crippen LogP contribution is -2.38. The molecule has 1 aromatic heterocycles. The standard InChI is InChI=1S/C23H30N2O3/c1-6-25(22(27)28-23(2,3)4)12-11-18-13-17-14-19-16(15-20(17)24(18)5)9-7-8-10-21(19)26/h7,9,13-15H,6,8,10-12H2,1-5H3. The second kappa shape index (κ2) is 7.82. The number of benzene rings is 1. The van der Waals surface area contributed by atoms with Gasteiger partial charge in [-0.25, -0.2) is 4.79 Å². The first-order chi connectivity index (χ1) is 13.2. The zero-order chi connectivity index (χ0) is 20.5. The van der Waals surface area contributed by atoms with Crippen molar-refractivity contribution in [3.05, 3.63) is 41.1 Å². The van der Waals surface area contributed by atoms with Crippen LogP contribution in [0.25, 0.3) is 17.0 Å². The summed E-state index contributed by atoms with van der Waals surface area (Å²) in [5, 5.41) is 1.07. The highest BCUT2D eigenvalue weighted by Crippen LogP contribution is 2.27. The van der Waals surface area contributed by atoms with E-state index in [2.05, 4.69) is 22.8 Å². The Morgan fingerprint density at radius 1 is 1.25 bits per heavy atom. The lowest BCUT2D eigenvalue weighted by molar-refractivity contribution is 0.0261. The molecule has 1 aliphatic rings. The first-order valence-electron chi connectivity index (χ1n) is 9.99. The number of aryl methyl sites for hydroxylation is 1. The smallest absolute Gasteiger partial charge is 0.410 e. The second-order valence-electron chi connectivity index (χ2n) is 8.37. The van der Waals surface area contributed by atoms with Crippen LogP contribution in [0.2, 0.25) is 0 Å². The lowest BCUT2D eigenvalue weighted by atomic mass is 10.0. The topological polar surface area (TPSA) is 51.5 Å². The van der Waals surface area contributed by atoms with E-state index in [0.717, 1.165) is 40.6 Å². The van der Waals surface area contributed by atoms with Crippen molar-refractivity contribution in [2.75, 3.05) is 13.1 Å². The van der Waals surface area contributed by atoms with Gasteiger partial charge in [-0.05, 0) is 57.9 Å². The van der Waals surface area contributed by atoms with Gasteiger partial charge in [-0.2, -0.15) is 0 Å². The minimum atomic E-state index is -0.498. The third-order valence-corrected chi connectivity index (χ3v) is 5.12. The molecule has 0 unspecified atom stereocenters. The maximum Gasteiger partial charge on any atom is 0.410 e. The van der Waals surface area contributed by atoms with E-state index >= 15 is 0 Å². The summed E-state index contributed by atoms with van der Waals surface area (Å²) in [5.74, 6) is 0.203. The maximum atomic E-state index is 12.4. The number of likely N-dealkylation sites (N-methyl/N-ethyl adjacent to an activating group) is 1. The Morgan fingerprint density at radius 2 is 2.00 bits per heavy atom. The molecular formula is C23H30N2O3. The Hall–Kier alpha value is -2.56.